The van der Waals surface area contributed by atoms with E-state index in [2.05, 4.69) is 61.5 Å². The fourth-order valence-electron chi connectivity index (χ4n) is 4.72. The summed E-state index contributed by atoms with van der Waals surface area (Å²) in [6.45, 7) is 2.80. The summed E-state index contributed by atoms with van der Waals surface area (Å²) in [6.07, 6.45) is 2.04. The van der Waals surface area contributed by atoms with Gasteiger partial charge in [0.25, 0.3) is 0 Å². The highest BCUT2D eigenvalue weighted by atomic mass is 28.3. The Morgan fingerprint density at radius 1 is 0.564 bits per heavy atom. The van der Waals surface area contributed by atoms with Crippen LogP contribution in [0.25, 0.3) is 0 Å². The van der Waals surface area contributed by atoms with Crippen molar-refractivity contribution in [1.82, 2.24) is 0 Å². The zero-order chi connectivity index (χ0) is 26.8. The lowest BCUT2D eigenvalue weighted by Crippen LogP contribution is -2.47. The summed E-state index contributed by atoms with van der Waals surface area (Å²) in [4.78, 5) is 6.87. The van der Waals surface area contributed by atoms with E-state index in [1.54, 1.807) is 0 Å². The van der Waals surface area contributed by atoms with Gasteiger partial charge in [0.15, 0.2) is 5.60 Å². The Kier molecular flexibility index (Phi) is 9.02. The van der Waals surface area contributed by atoms with Gasteiger partial charge in [-0.15, -0.1) is 0 Å². The molecule has 0 spiro atoms. The predicted octanol–water partition coefficient (Wildman–Crippen LogP) is 6.91. The monoisotopic (exact) mass is 529 g/mol. The van der Waals surface area contributed by atoms with Crippen molar-refractivity contribution in [2.75, 3.05) is 6.61 Å². The predicted molar refractivity (Wildman–Crippen MR) is 160 cm³/mol. The Morgan fingerprint density at radius 3 is 1.54 bits per heavy atom. The van der Waals surface area contributed by atoms with Crippen LogP contribution in [0, 0.1) is 0 Å². The standard InChI is InChI=1S/C35H33O3Si/c1-2-3-28-36-34-27-17-16-26-33(34)35(29-18-8-4-9-19-29,30-20-10-5-11-21-30)37-38-39(31-22-12-6-13-23-31)32-24-14-7-15-25-32/h4-27H,2-3,28H2,1H3. The first-order chi connectivity index (χ1) is 19.3. The number of rotatable bonds is 12. The van der Waals surface area contributed by atoms with Crippen molar-refractivity contribution in [3.05, 3.63) is 162 Å². The molecule has 0 fully saturated rings. The molecule has 4 heteroatoms. The Morgan fingerprint density at radius 2 is 1.03 bits per heavy atom. The molecule has 1 radical (unpaired) electrons. The molecule has 0 saturated heterocycles. The van der Waals surface area contributed by atoms with Crippen LogP contribution in [0.15, 0.2) is 146 Å². The molecule has 0 atom stereocenters. The van der Waals surface area contributed by atoms with Gasteiger partial charge in [0, 0.05) is 5.56 Å². The highest BCUT2D eigenvalue weighted by Gasteiger charge is 2.42. The van der Waals surface area contributed by atoms with E-state index in [0.717, 1.165) is 45.7 Å². The van der Waals surface area contributed by atoms with Crippen LogP contribution in [0.5, 0.6) is 5.75 Å². The van der Waals surface area contributed by atoms with Crippen LogP contribution < -0.4 is 15.1 Å². The van der Waals surface area contributed by atoms with Gasteiger partial charge in [0.1, 0.15) is 5.75 Å². The van der Waals surface area contributed by atoms with Crippen molar-refractivity contribution in [2.45, 2.75) is 25.4 Å². The van der Waals surface area contributed by atoms with Crippen molar-refractivity contribution in [1.29, 1.82) is 0 Å². The van der Waals surface area contributed by atoms with E-state index in [1.807, 2.05) is 91.0 Å². The second-order valence-electron chi connectivity index (χ2n) is 9.34. The lowest BCUT2D eigenvalue weighted by molar-refractivity contribution is -0.273. The second-order valence-corrected chi connectivity index (χ2v) is 11.3. The van der Waals surface area contributed by atoms with E-state index in [-0.39, 0.29) is 0 Å². The van der Waals surface area contributed by atoms with E-state index in [0.29, 0.717) is 6.61 Å². The van der Waals surface area contributed by atoms with Crippen molar-refractivity contribution in [2.24, 2.45) is 0 Å². The van der Waals surface area contributed by atoms with Gasteiger partial charge in [-0.3, -0.25) is 4.58 Å². The summed E-state index contributed by atoms with van der Waals surface area (Å²) in [5, 5.41) is 2.22. The van der Waals surface area contributed by atoms with E-state index >= 15 is 0 Å². The molecule has 0 N–H and O–H groups in total. The first kappa shape index (κ1) is 26.6. The molecule has 39 heavy (non-hydrogen) atoms. The van der Waals surface area contributed by atoms with Gasteiger partial charge >= 0.3 is 9.04 Å². The maximum atomic E-state index is 6.87. The van der Waals surface area contributed by atoms with Crippen molar-refractivity contribution in [3.63, 3.8) is 0 Å². The summed E-state index contributed by atoms with van der Waals surface area (Å²) >= 11 is 0. The molecule has 0 saturated carbocycles. The van der Waals surface area contributed by atoms with Crippen LogP contribution in [0.2, 0.25) is 0 Å². The molecule has 0 aliphatic rings. The molecule has 5 rings (SSSR count). The van der Waals surface area contributed by atoms with E-state index in [1.165, 1.54) is 0 Å². The maximum Gasteiger partial charge on any atom is 0.330 e. The summed E-state index contributed by atoms with van der Waals surface area (Å²) in [5.41, 5.74) is 1.77. The van der Waals surface area contributed by atoms with Gasteiger partial charge in [-0.25, -0.2) is 4.89 Å². The van der Waals surface area contributed by atoms with Crippen molar-refractivity contribution < 1.29 is 14.2 Å². The number of para-hydroxylation sites is 1. The third-order valence-corrected chi connectivity index (χ3v) is 8.67. The second kappa shape index (κ2) is 13.2. The topological polar surface area (TPSA) is 27.7 Å². The SMILES string of the molecule is CCCCOc1ccccc1C(OO[Si](c1ccccc1)c1ccccc1)(c1ccccc1)c1ccccc1. The minimum absolute atomic E-state index is 0.636. The van der Waals surface area contributed by atoms with Crippen molar-refractivity contribution in [3.8, 4) is 5.75 Å². The van der Waals surface area contributed by atoms with Crippen LogP contribution in [0.3, 0.4) is 0 Å². The summed E-state index contributed by atoms with van der Waals surface area (Å²) in [6, 6.07) is 49.4. The number of unbranched alkanes of at least 4 members (excludes halogenated alkanes) is 1. The molecule has 0 amide bonds. The third-order valence-electron chi connectivity index (χ3n) is 6.70. The number of ether oxygens (including phenoxy) is 1. The first-order valence-corrected chi connectivity index (χ1v) is 14.9. The average molecular weight is 530 g/mol. The molecule has 0 heterocycles. The van der Waals surface area contributed by atoms with Gasteiger partial charge in [0.2, 0.25) is 0 Å². The van der Waals surface area contributed by atoms with Gasteiger partial charge in [0.05, 0.1) is 6.61 Å². The van der Waals surface area contributed by atoms with Gasteiger partial charge in [-0.1, -0.05) is 153 Å². The molecule has 5 aromatic carbocycles. The molecule has 5 aromatic rings. The van der Waals surface area contributed by atoms with Crippen molar-refractivity contribution >= 4 is 19.4 Å². The van der Waals surface area contributed by atoms with Crippen LogP contribution in [-0.4, -0.2) is 15.6 Å². The first-order valence-electron chi connectivity index (χ1n) is 13.5. The summed E-state index contributed by atoms with van der Waals surface area (Å²) in [7, 11) is -1.75. The molecule has 0 bridgehead atoms. The molecule has 195 valence electrons. The van der Waals surface area contributed by atoms with Gasteiger partial charge in [-0.05, 0) is 34.0 Å². The van der Waals surface area contributed by atoms with Gasteiger partial charge in [-0.2, -0.15) is 0 Å². The van der Waals surface area contributed by atoms with Crippen LogP contribution in [0.1, 0.15) is 36.5 Å². The zero-order valence-corrected chi connectivity index (χ0v) is 23.2. The van der Waals surface area contributed by atoms with Crippen LogP contribution in [0.4, 0.5) is 0 Å². The molecular formula is C35H33O3Si. The molecular weight excluding hydrogens is 496 g/mol. The zero-order valence-electron chi connectivity index (χ0n) is 22.2. The normalized spacial score (nSPS) is 11.4. The average Bonchev–Trinajstić information content (AvgIpc) is 3.02. The highest BCUT2D eigenvalue weighted by Crippen LogP contribution is 2.44. The maximum absolute atomic E-state index is 6.87. The highest BCUT2D eigenvalue weighted by molar-refractivity contribution is 6.79. The Labute approximate surface area is 233 Å². The molecule has 0 unspecified atom stereocenters. The van der Waals surface area contributed by atoms with E-state index in [4.69, 9.17) is 14.2 Å². The Bertz CT molecular complexity index is 1330. The molecule has 0 aromatic heterocycles. The number of benzene rings is 5. The van der Waals surface area contributed by atoms with Crippen LogP contribution >= 0.6 is 0 Å². The van der Waals surface area contributed by atoms with Crippen LogP contribution in [-0.2, 0) is 15.1 Å². The third kappa shape index (κ3) is 6.04. The van der Waals surface area contributed by atoms with E-state index in [9.17, 15) is 0 Å². The van der Waals surface area contributed by atoms with Gasteiger partial charge < -0.3 is 4.74 Å². The number of hydrogen-bond donors (Lipinski definition) is 0. The summed E-state index contributed by atoms with van der Waals surface area (Å²) < 4.78 is 13.0. The fourth-order valence-corrected chi connectivity index (χ4v) is 6.44. The molecule has 3 nitrogen and oxygen atoms in total. The minimum atomic E-state index is -1.75. The Balaban J connectivity index is 1.67. The minimum Gasteiger partial charge on any atom is -0.493 e. The molecule has 0 aliphatic carbocycles. The number of hydrogen-bond acceptors (Lipinski definition) is 3. The lowest BCUT2D eigenvalue weighted by Gasteiger charge is -2.36. The fraction of sp³-hybridized carbons (Fsp3) is 0.143. The lowest BCUT2D eigenvalue weighted by atomic mass is 9.80. The smallest absolute Gasteiger partial charge is 0.330 e. The molecule has 0 aliphatic heterocycles. The summed E-state index contributed by atoms with van der Waals surface area (Å²) in [5.74, 6) is 0.787. The quantitative estimate of drug-likeness (QED) is 0.0578. The largest absolute Gasteiger partial charge is 0.493 e. The Hall–Kier alpha value is -3.96. The van der Waals surface area contributed by atoms with E-state index < -0.39 is 14.6 Å².